The Morgan fingerprint density at radius 2 is 1.49 bits per heavy atom. The fourth-order valence-electron chi connectivity index (χ4n) is 3.58. The van der Waals surface area contributed by atoms with Gasteiger partial charge in [0.1, 0.15) is 10.9 Å². The highest BCUT2D eigenvalue weighted by Gasteiger charge is 2.20. The zero-order valence-corrected chi connectivity index (χ0v) is 20.2. The number of ether oxygens (including phenoxy) is 1. The highest BCUT2D eigenvalue weighted by atomic mass is 35.5. The topological polar surface area (TPSA) is 85.2 Å². The number of benzene rings is 3. The second-order valence-corrected chi connectivity index (χ2v) is 8.20. The number of rotatable bonds is 8. The second-order valence-electron chi connectivity index (χ2n) is 7.84. The van der Waals surface area contributed by atoms with Gasteiger partial charge in [0.25, 0.3) is 11.8 Å². The molecule has 0 fully saturated rings. The fourth-order valence-corrected chi connectivity index (χ4v) is 3.90. The standard InChI is InChI=1S/C27H25ClN4O3/c1-3-35-23-15-13-22(14-16-23)29-26(33)20-9-11-21(12-10-20)30-27(34)24-18(2)31-32(25(24)28)17-19-7-5-4-6-8-19/h4-16H,3,17H2,1-2H3,(H,29,33)(H,30,34). The average Bonchev–Trinajstić information content (AvgIpc) is 3.14. The lowest BCUT2D eigenvalue weighted by atomic mass is 10.1. The number of hydrogen-bond donors (Lipinski definition) is 2. The van der Waals surface area contributed by atoms with Crippen LogP contribution in [0.25, 0.3) is 0 Å². The van der Waals surface area contributed by atoms with Crippen molar-refractivity contribution < 1.29 is 14.3 Å². The normalized spacial score (nSPS) is 10.6. The molecule has 7 nitrogen and oxygen atoms in total. The third-order valence-corrected chi connectivity index (χ3v) is 5.68. The van der Waals surface area contributed by atoms with Crippen LogP contribution in [0.4, 0.5) is 11.4 Å². The third-order valence-electron chi connectivity index (χ3n) is 5.30. The molecule has 2 amide bonds. The van der Waals surface area contributed by atoms with Gasteiger partial charge in [-0.3, -0.25) is 9.59 Å². The number of carbonyl (C=O) groups excluding carboxylic acids is 2. The maximum absolute atomic E-state index is 12.9. The monoisotopic (exact) mass is 488 g/mol. The van der Waals surface area contributed by atoms with Crippen LogP contribution in [0.15, 0.2) is 78.9 Å². The number of nitrogens with zero attached hydrogens (tertiary/aromatic N) is 2. The van der Waals surface area contributed by atoms with Gasteiger partial charge in [0.05, 0.1) is 24.4 Å². The summed E-state index contributed by atoms with van der Waals surface area (Å²) in [5.41, 5.74) is 3.55. The fraction of sp³-hybridized carbons (Fsp3) is 0.148. The quantitative estimate of drug-likeness (QED) is 0.328. The van der Waals surface area contributed by atoms with Crippen LogP contribution in [-0.2, 0) is 6.54 Å². The molecule has 8 heteroatoms. The average molecular weight is 489 g/mol. The summed E-state index contributed by atoms with van der Waals surface area (Å²) in [6.45, 7) is 4.70. The number of carbonyl (C=O) groups is 2. The molecule has 0 saturated carbocycles. The van der Waals surface area contributed by atoms with Crippen molar-refractivity contribution >= 4 is 34.8 Å². The summed E-state index contributed by atoms with van der Waals surface area (Å²) in [6.07, 6.45) is 0. The number of hydrogen-bond acceptors (Lipinski definition) is 4. The molecule has 0 aliphatic carbocycles. The van der Waals surface area contributed by atoms with Crippen LogP contribution < -0.4 is 15.4 Å². The highest BCUT2D eigenvalue weighted by Crippen LogP contribution is 2.23. The molecule has 1 aromatic heterocycles. The third kappa shape index (κ3) is 5.88. The lowest BCUT2D eigenvalue weighted by Gasteiger charge is -2.09. The van der Waals surface area contributed by atoms with Crippen molar-refractivity contribution in [1.29, 1.82) is 0 Å². The van der Waals surface area contributed by atoms with Crippen molar-refractivity contribution in [1.82, 2.24) is 9.78 Å². The summed E-state index contributed by atoms with van der Waals surface area (Å²) in [4.78, 5) is 25.5. The zero-order chi connectivity index (χ0) is 24.8. The molecule has 1 heterocycles. The first-order valence-electron chi connectivity index (χ1n) is 11.2. The van der Waals surface area contributed by atoms with Crippen LogP contribution in [0.2, 0.25) is 5.15 Å². The van der Waals surface area contributed by atoms with Gasteiger partial charge >= 0.3 is 0 Å². The highest BCUT2D eigenvalue weighted by molar-refractivity contribution is 6.33. The summed E-state index contributed by atoms with van der Waals surface area (Å²) in [5, 5.41) is 10.4. The molecule has 0 spiro atoms. The van der Waals surface area contributed by atoms with Gasteiger partial charge in [-0.05, 0) is 67.9 Å². The summed E-state index contributed by atoms with van der Waals surface area (Å²) in [6, 6.07) is 23.5. The maximum atomic E-state index is 12.9. The molecule has 0 saturated heterocycles. The van der Waals surface area contributed by atoms with Gasteiger partial charge in [-0.25, -0.2) is 4.68 Å². The molecule has 4 rings (SSSR count). The van der Waals surface area contributed by atoms with E-state index in [1.807, 2.05) is 37.3 Å². The van der Waals surface area contributed by atoms with Gasteiger partial charge in [-0.15, -0.1) is 0 Å². The molecule has 0 bridgehead atoms. The summed E-state index contributed by atoms with van der Waals surface area (Å²) < 4.78 is 7.02. The van der Waals surface area contributed by atoms with Crippen LogP contribution in [-0.4, -0.2) is 28.2 Å². The first-order chi connectivity index (χ1) is 16.9. The molecule has 2 N–H and O–H groups in total. The SMILES string of the molecule is CCOc1ccc(NC(=O)c2ccc(NC(=O)c3c(C)nn(Cc4ccccc4)c3Cl)cc2)cc1. The first kappa shape index (κ1) is 24.0. The summed E-state index contributed by atoms with van der Waals surface area (Å²) in [5.74, 6) is 0.123. The summed E-state index contributed by atoms with van der Waals surface area (Å²) >= 11 is 6.49. The Bertz CT molecular complexity index is 1320. The van der Waals surface area contributed by atoms with Gasteiger partial charge in [0.15, 0.2) is 0 Å². The van der Waals surface area contributed by atoms with Gasteiger partial charge < -0.3 is 15.4 Å². The molecule has 0 radical (unpaired) electrons. The first-order valence-corrected chi connectivity index (χ1v) is 11.5. The zero-order valence-electron chi connectivity index (χ0n) is 19.4. The van der Waals surface area contributed by atoms with E-state index in [0.29, 0.717) is 41.3 Å². The van der Waals surface area contributed by atoms with E-state index in [9.17, 15) is 9.59 Å². The molecule has 0 aliphatic rings. The molecular formula is C27H25ClN4O3. The number of anilines is 2. The predicted molar refractivity (Wildman–Crippen MR) is 137 cm³/mol. The van der Waals surface area contributed by atoms with Gasteiger partial charge in [0.2, 0.25) is 0 Å². The molecule has 0 aliphatic heterocycles. The Morgan fingerprint density at radius 3 is 2.11 bits per heavy atom. The predicted octanol–water partition coefficient (Wildman–Crippen LogP) is 5.80. The minimum absolute atomic E-state index is 0.256. The van der Waals surface area contributed by atoms with Gasteiger partial charge in [-0.1, -0.05) is 41.9 Å². The number of nitrogens with one attached hydrogen (secondary N) is 2. The van der Waals surface area contributed by atoms with Crippen LogP contribution in [0.5, 0.6) is 5.75 Å². The Morgan fingerprint density at radius 1 is 0.886 bits per heavy atom. The van der Waals surface area contributed by atoms with E-state index in [2.05, 4.69) is 15.7 Å². The van der Waals surface area contributed by atoms with E-state index < -0.39 is 0 Å². The van der Waals surface area contributed by atoms with E-state index >= 15 is 0 Å². The molecular weight excluding hydrogens is 464 g/mol. The lowest BCUT2D eigenvalue weighted by molar-refractivity contribution is 0.101. The van der Waals surface area contributed by atoms with Crippen molar-refractivity contribution in [2.45, 2.75) is 20.4 Å². The van der Waals surface area contributed by atoms with Gasteiger partial charge in [-0.2, -0.15) is 5.10 Å². The number of halogens is 1. The Kier molecular flexibility index (Phi) is 7.48. The Hall–Kier alpha value is -4.10. The van der Waals surface area contributed by atoms with Gasteiger partial charge in [0, 0.05) is 16.9 Å². The van der Waals surface area contributed by atoms with E-state index in [-0.39, 0.29) is 17.0 Å². The van der Waals surface area contributed by atoms with Crippen molar-refractivity contribution in [2.75, 3.05) is 17.2 Å². The van der Waals surface area contributed by atoms with Crippen molar-refractivity contribution in [3.8, 4) is 5.75 Å². The Labute approximate surface area is 208 Å². The molecule has 178 valence electrons. The molecule has 3 aromatic carbocycles. The number of aromatic nitrogens is 2. The Balaban J connectivity index is 1.40. The second kappa shape index (κ2) is 10.9. The largest absolute Gasteiger partial charge is 0.494 e. The minimum atomic E-state index is -0.363. The molecule has 35 heavy (non-hydrogen) atoms. The van der Waals surface area contributed by atoms with E-state index in [0.717, 1.165) is 11.3 Å². The van der Waals surface area contributed by atoms with Crippen LogP contribution in [0.3, 0.4) is 0 Å². The van der Waals surface area contributed by atoms with Crippen LogP contribution in [0.1, 0.15) is 38.9 Å². The number of aryl methyl sites for hydroxylation is 1. The van der Waals surface area contributed by atoms with Crippen molar-refractivity contribution in [3.63, 3.8) is 0 Å². The van der Waals surface area contributed by atoms with Crippen LogP contribution in [0, 0.1) is 6.92 Å². The molecule has 0 unspecified atom stereocenters. The van der Waals surface area contributed by atoms with E-state index in [1.54, 1.807) is 60.1 Å². The van der Waals surface area contributed by atoms with Crippen molar-refractivity contribution in [2.24, 2.45) is 0 Å². The molecule has 0 atom stereocenters. The molecule has 4 aromatic rings. The summed E-state index contributed by atoms with van der Waals surface area (Å²) in [7, 11) is 0. The lowest BCUT2D eigenvalue weighted by Crippen LogP contribution is -2.14. The van der Waals surface area contributed by atoms with Crippen molar-refractivity contribution in [3.05, 3.63) is 106 Å². The number of amides is 2. The van der Waals surface area contributed by atoms with Crippen LogP contribution >= 0.6 is 11.6 Å². The van der Waals surface area contributed by atoms with E-state index in [4.69, 9.17) is 16.3 Å². The smallest absolute Gasteiger partial charge is 0.260 e. The maximum Gasteiger partial charge on any atom is 0.260 e. The minimum Gasteiger partial charge on any atom is -0.494 e. The van der Waals surface area contributed by atoms with E-state index in [1.165, 1.54) is 0 Å².